The predicted octanol–water partition coefficient (Wildman–Crippen LogP) is 3.78. The Bertz CT molecular complexity index is 597. The lowest BCUT2D eigenvalue weighted by atomic mass is 9.96. The first-order valence-electron chi connectivity index (χ1n) is 6.16. The van der Waals surface area contributed by atoms with Crippen molar-refractivity contribution in [2.45, 2.75) is 19.4 Å². The van der Waals surface area contributed by atoms with E-state index < -0.39 is 11.6 Å². The van der Waals surface area contributed by atoms with Gasteiger partial charge in [0.25, 0.3) is 0 Å². The summed E-state index contributed by atoms with van der Waals surface area (Å²) in [5.74, 6) is 4.43. The monoisotopic (exact) mass is 340 g/mol. The number of nitrogens with two attached hydrogens (primary N) is 1. The van der Waals surface area contributed by atoms with Crippen molar-refractivity contribution in [3.63, 3.8) is 0 Å². The van der Waals surface area contributed by atoms with Crippen LogP contribution < -0.4 is 11.3 Å². The molecule has 0 spiro atoms. The van der Waals surface area contributed by atoms with E-state index in [4.69, 9.17) is 5.84 Å². The van der Waals surface area contributed by atoms with Crippen molar-refractivity contribution in [3.8, 4) is 0 Å². The molecule has 3 N–H and O–H groups in total. The number of hydrogen-bond donors (Lipinski definition) is 2. The van der Waals surface area contributed by atoms with E-state index in [1.165, 1.54) is 12.1 Å². The second-order valence-corrected chi connectivity index (χ2v) is 5.62. The fourth-order valence-corrected chi connectivity index (χ4v) is 2.59. The molecule has 0 aliphatic carbocycles. The zero-order chi connectivity index (χ0) is 14.7. The van der Waals surface area contributed by atoms with Crippen LogP contribution in [0.4, 0.5) is 8.78 Å². The van der Waals surface area contributed by atoms with Crippen LogP contribution in [-0.4, -0.2) is 0 Å². The van der Waals surface area contributed by atoms with Crippen LogP contribution in [-0.2, 0) is 6.42 Å². The van der Waals surface area contributed by atoms with Gasteiger partial charge in [0.15, 0.2) is 0 Å². The first-order chi connectivity index (χ1) is 9.49. The molecule has 1 unspecified atom stereocenters. The molecule has 0 saturated carbocycles. The Labute approximate surface area is 125 Å². The van der Waals surface area contributed by atoms with Gasteiger partial charge in [0.05, 0.1) is 6.04 Å². The molecule has 2 nitrogen and oxygen atoms in total. The second kappa shape index (κ2) is 6.43. The van der Waals surface area contributed by atoms with Gasteiger partial charge in [-0.2, -0.15) is 0 Å². The summed E-state index contributed by atoms with van der Waals surface area (Å²) in [5.41, 5.74) is 5.32. The highest BCUT2D eigenvalue weighted by molar-refractivity contribution is 9.10. The zero-order valence-electron chi connectivity index (χ0n) is 11.0. The van der Waals surface area contributed by atoms with Crippen molar-refractivity contribution in [2.75, 3.05) is 0 Å². The molecule has 2 aromatic rings. The highest BCUT2D eigenvalue weighted by atomic mass is 79.9. The van der Waals surface area contributed by atoms with Gasteiger partial charge in [-0.25, -0.2) is 8.78 Å². The second-order valence-electron chi connectivity index (χ2n) is 4.70. The molecule has 0 amide bonds. The highest BCUT2D eigenvalue weighted by Gasteiger charge is 2.14. The Morgan fingerprint density at radius 3 is 2.40 bits per heavy atom. The number of benzene rings is 2. The fourth-order valence-electron chi connectivity index (χ4n) is 2.21. The van der Waals surface area contributed by atoms with Gasteiger partial charge in [0, 0.05) is 10.5 Å². The molecule has 5 heteroatoms. The molecule has 0 radical (unpaired) electrons. The third-order valence-corrected chi connectivity index (χ3v) is 3.67. The average molecular weight is 341 g/mol. The number of hydrogen-bond acceptors (Lipinski definition) is 2. The van der Waals surface area contributed by atoms with E-state index in [2.05, 4.69) is 21.4 Å². The van der Waals surface area contributed by atoms with E-state index in [-0.39, 0.29) is 6.04 Å². The number of rotatable bonds is 4. The van der Waals surface area contributed by atoms with Crippen LogP contribution in [0, 0.1) is 18.6 Å². The van der Waals surface area contributed by atoms with Crippen molar-refractivity contribution >= 4 is 15.9 Å². The topological polar surface area (TPSA) is 38.0 Å². The van der Waals surface area contributed by atoms with Gasteiger partial charge in [0.1, 0.15) is 11.6 Å². The normalized spacial score (nSPS) is 12.4. The Morgan fingerprint density at radius 1 is 1.15 bits per heavy atom. The molecule has 106 valence electrons. The Balaban J connectivity index is 2.31. The lowest BCUT2D eigenvalue weighted by molar-refractivity contribution is 0.538. The van der Waals surface area contributed by atoms with Crippen molar-refractivity contribution in [1.29, 1.82) is 0 Å². The van der Waals surface area contributed by atoms with Crippen LogP contribution in [0.25, 0.3) is 0 Å². The van der Waals surface area contributed by atoms with Crippen LogP contribution in [0.2, 0.25) is 0 Å². The summed E-state index contributed by atoms with van der Waals surface area (Å²) in [6.45, 7) is 1.97. The number of aryl methyl sites for hydroxylation is 1. The molecule has 0 aliphatic rings. The first-order valence-corrected chi connectivity index (χ1v) is 6.96. The van der Waals surface area contributed by atoms with E-state index in [0.717, 1.165) is 21.7 Å². The lowest BCUT2D eigenvalue weighted by Gasteiger charge is -2.19. The summed E-state index contributed by atoms with van der Waals surface area (Å²) in [6, 6.07) is 9.15. The third-order valence-electron chi connectivity index (χ3n) is 3.18. The fraction of sp³-hybridized carbons (Fsp3) is 0.200. The maximum absolute atomic E-state index is 13.2. The zero-order valence-corrected chi connectivity index (χ0v) is 12.5. The minimum Gasteiger partial charge on any atom is -0.271 e. The minimum atomic E-state index is -0.582. The summed E-state index contributed by atoms with van der Waals surface area (Å²) >= 11 is 3.41. The smallest absolute Gasteiger partial charge is 0.126 e. The third kappa shape index (κ3) is 3.62. The molecule has 0 aliphatic heterocycles. The molecule has 0 bridgehead atoms. The molecule has 1 atom stereocenters. The summed E-state index contributed by atoms with van der Waals surface area (Å²) in [6.07, 6.45) is 0.405. The number of nitrogens with one attached hydrogen (secondary N) is 1. The molecule has 0 aromatic heterocycles. The average Bonchev–Trinajstić information content (AvgIpc) is 2.38. The van der Waals surface area contributed by atoms with Crippen LogP contribution >= 0.6 is 15.9 Å². The van der Waals surface area contributed by atoms with Crippen LogP contribution in [0.3, 0.4) is 0 Å². The predicted molar refractivity (Wildman–Crippen MR) is 79.0 cm³/mol. The summed E-state index contributed by atoms with van der Waals surface area (Å²) in [5, 5.41) is 0. The van der Waals surface area contributed by atoms with Crippen LogP contribution in [0.1, 0.15) is 22.7 Å². The van der Waals surface area contributed by atoms with Gasteiger partial charge in [-0.3, -0.25) is 11.3 Å². The summed E-state index contributed by atoms with van der Waals surface area (Å²) in [4.78, 5) is 0. The van der Waals surface area contributed by atoms with E-state index in [9.17, 15) is 8.78 Å². The van der Waals surface area contributed by atoms with Gasteiger partial charge in [-0.1, -0.05) is 22.0 Å². The van der Waals surface area contributed by atoms with Gasteiger partial charge < -0.3 is 0 Å². The van der Waals surface area contributed by atoms with Crippen LogP contribution in [0.5, 0.6) is 0 Å². The molecule has 0 saturated heterocycles. The molecular weight excluding hydrogens is 326 g/mol. The largest absolute Gasteiger partial charge is 0.271 e. The molecular formula is C15H15BrF2N2. The number of hydrazine groups is 1. The Hall–Kier alpha value is -1.30. The van der Waals surface area contributed by atoms with Crippen molar-refractivity contribution in [3.05, 3.63) is 69.2 Å². The first kappa shape index (κ1) is 15.1. The van der Waals surface area contributed by atoms with Crippen LogP contribution in [0.15, 0.2) is 40.9 Å². The molecule has 2 aromatic carbocycles. The van der Waals surface area contributed by atoms with E-state index >= 15 is 0 Å². The summed E-state index contributed by atoms with van der Waals surface area (Å²) in [7, 11) is 0. The van der Waals surface area contributed by atoms with E-state index in [1.54, 1.807) is 0 Å². The maximum Gasteiger partial charge on any atom is 0.126 e. The SMILES string of the molecule is Cc1ccc(Br)cc1C(Cc1cc(F)cc(F)c1)NN. The van der Waals surface area contributed by atoms with Gasteiger partial charge in [-0.05, 0) is 54.3 Å². The molecule has 0 heterocycles. The van der Waals surface area contributed by atoms with Gasteiger partial charge in [-0.15, -0.1) is 0 Å². The summed E-state index contributed by atoms with van der Waals surface area (Å²) < 4.78 is 27.4. The molecule has 0 fully saturated rings. The Morgan fingerprint density at radius 2 is 1.80 bits per heavy atom. The highest BCUT2D eigenvalue weighted by Crippen LogP contribution is 2.25. The van der Waals surface area contributed by atoms with Gasteiger partial charge >= 0.3 is 0 Å². The quantitative estimate of drug-likeness (QED) is 0.656. The van der Waals surface area contributed by atoms with E-state index in [1.807, 2.05) is 25.1 Å². The van der Waals surface area contributed by atoms with E-state index in [0.29, 0.717) is 12.0 Å². The minimum absolute atomic E-state index is 0.214. The standard InChI is InChI=1S/C15H15BrF2N2/c1-9-2-3-11(16)7-14(9)15(20-19)6-10-4-12(17)8-13(18)5-10/h2-5,7-8,15,20H,6,19H2,1H3. The van der Waals surface area contributed by atoms with Crippen molar-refractivity contribution in [2.24, 2.45) is 5.84 Å². The maximum atomic E-state index is 13.2. The number of halogens is 3. The Kier molecular flexibility index (Phi) is 4.86. The molecule has 2 rings (SSSR count). The van der Waals surface area contributed by atoms with Crippen molar-refractivity contribution < 1.29 is 8.78 Å². The van der Waals surface area contributed by atoms with Crippen molar-refractivity contribution in [1.82, 2.24) is 5.43 Å². The van der Waals surface area contributed by atoms with Gasteiger partial charge in [0.2, 0.25) is 0 Å². The lowest BCUT2D eigenvalue weighted by Crippen LogP contribution is -2.30. The molecule has 20 heavy (non-hydrogen) atoms.